The van der Waals surface area contributed by atoms with Gasteiger partial charge in [0.1, 0.15) is 12.7 Å². The largest absolute Gasteiger partial charge is 0.478 e. The molecular weight excluding hydrogens is 164 g/mol. The molecule has 0 bridgehead atoms. The molecule has 0 spiro atoms. The SMILES string of the molecule is O=C(O)/C=C/C(=O)OCC1CO1. The molecule has 0 aliphatic carbocycles. The van der Waals surface area contributed by atoms with Gasteiger partial charge in [0.15, 0.2) is 0 Å². The predicted molar refractivity (Wildman–Crippen MR) is 37.5 cm³/mol. The Hall–Kier alpha value is -1.36. The highest BCUT2D eigenvalue weighted by atomic mass is 16.6. The monoisotopic (exact) mass is 172 g/mol. The van der Waals surface area contributed by atoms with E-state index in [1.54, 1.807) is 0 Å². The Morgan fingerprint density at radius 1 is 1.58 bits per heavy atom. The van der Waals surface area contributed by atoms with Crippen LogP contribution in [0.15, 0.2) is 12.2 Å². The first-order valence-electron chi connectivity index (χ1n) is 3.38. The van der Waals surface area contributed by atoms with Gasteiger partial charge in [-0.3, -0.25) is 0 Å². The molecule has 1 N–H and O–H groups in total. The fourth-order valence-electron chi connectivity index (χ4n) is 0.527. The quantitative estimate of drug-likeness (QED) is 0.353. The summed E-state index contributed by atoms with van der Waals surface area (Å²) in [5, 5.41) is 8.13. The first-order chi connectivity index (χ1) is 5.68. The molecule has 1 aliphatic heterocycles. The highest BCUT2D eigenvalue weighted by molar-refractivity contribution is 5.90. The van der Waals surface area contributed by atoms with Crippen LogP contribution in [0.1, 0.15) is 0 Å². The molecule has 0 aromatic rings. The summed E-state index contributed by atoms with van der Waals surface area (Å²) >= 11 is 0. The number of carboxylic acids is 1. The van der Waals surface area contributed by atoms with Crippen LogP contribution in [-0.4, -0.2) is 36.4 Å². The Labute approximate surface area is 68.6 Å². The van der Waals surface area contributed by atoms with Crippen molar-refractivity contribution in [1.29, 1.82) is 0 Å². The average molecular weight is 172 g/mol. The van der Waals surface area contributed by atoms with Crippen molar-refractivity contribution in [1.82, 2.24) is 0 Å². The van der Waals surface area contributed by atoms with Gasteiger partial charge >= 0.3 is 11.9 Å². The van der Waals surface area contributed by atoms with Crippen molar-refractivity contribution in [2.45, 2.75) is 6.10 Å². The Kier molecular flexibility index (Phi) is 2.82. The summed E-state index contributed by atoms with van der Waals surface area (Å²) in [6, 6.07) is 0. The van der Waals surface area contributed by atoms with Crippen molar-refractivity contribution in [3.8, 4) is 0 Å². The first kappa shape index (κ1) is 8.73. The molecule has 1 atom stereocenters. The molecule has 0 radical (unpaired) electrons. The van der Waals surface area contributed by atoms with E-state index >= 15 is 0 Å². The molecule has 1 fully saturated rings. The lowest BCUT2D eigenvalue weighted by Gasteiger charge is -1.95. The summed E-state index contributed by atoms with van der Waals surface area (Å²) in [5.41, 5.74) is 0. The van der Waals surface area contributed by atoms with Gasteiger partial charge in [0.05, 0.1) is 6.61 Å². The maximum Gasteiger partial charge on any atom is 0.331 e. The van der Waals surface area contributed by atoms with E-state index in [2.05, 4.69) is 4.74 Å². The third kappa shape index (κ3) is 3.72. The smallest absolute Gasteiger partial charge is 0.331 e. The molecule has 12 heavy (non-hydrogen) atoms. The average Bonchev–Trinajstić information content (AvgIpc) is 2.80. The molecule has 1 saturated heterocycles. The van der Waals surface area contributed by atoms with Crippen LogP contribution in [0, 0.1) is 0 Å². The number of epoxide rings is 1. The van der Waals surface area contributed by atoms with Crippen LogP contribution in [0.3, 0.4) is 0 Å². The van der Waals surface area contributed by atoms with E-state index in [9.17, 15) is 9.59 Å². The van der Waals surface area contributed by atoms with Crippen molar-refractivity contribution in [2.24, 2.45) is 0 Å². The molecule has 0 aromatic carbocycles. The second kappa shape index (κ2) is 3.87. The molecule has 1 heterocycles. The normalized spacial score (nSPS) is 20.8. The number of carboxylic acid groups (broad SMARTS) is 1. The van der Waals surface area contributed by atoms with Crippen LogP contribution < -0.4 is 0 Å². The number of carbonyl (C=O) groups excluding carboxylic acids is 1. The van der Waals surface area contributed by atoms with E-state index in [1.165, 1.54) is 0 Å². The molecule has 1 rings (SSSR count). The molecule has 0 aromatic heterocycles. The fraction of sp³-hybridized carbons (Fsp3) is 0.429. The van der Waals surface area contributed by atoms with E-state index in [-0.39, 0.29) is 12.7 Å². The molecule has 5 heteroatoms. The minimum Gasteiger partial charge on any atom is -0.478 e. The van der Waals surface area contributed by atoms with Gasteiger partial charge in [-0.15, -0.1) is 0 Å². The summed E-state index contributed by atoms with van der Waals surface area (Å²) in [6.07, 6.45) is 1.60. The van der Waals surface area contributed by atoms with E-state index in [1.807, 2.05) is 0 Å². The van der Waals surface area contributed by atoms with Gasteiger partial charge in [-0.05, 0) is 0 Å². The number of hydrogen-bond donors (Lipinski definition) is 1. The molecule has 0 saturated carbocycles. The van der Waals surface area contributed by atoms with Gasteiger partial charge in [-0.2, -0.15) is 0 Å². The molecule has 5 nitrogen and oxygen atoms in total. The lowest BCUT2D eigenvalue weighted by atomic mass is 10.5. The van der Waals surface area contributed by atoms with Crippen molar-refractivity contribution < 1.29 is 24.2 Å². The summed E-state index contributed by atoms with van der Waals surface area (Å²) in [6.45, 7) is 0.804. The minimum absolute atomic E-state index is 0.00665. The Morgan fingerprint density at radius 2 is 2.25 bits per heavy atom. The second-order valence-electron chi connectivity index (χ2n) is 2.26. The number of esters is 1. The number of aliphatic carboxylic acids is 1. The van der Waals surface area contributed by atoms with Gasteiger partial charge in [-0.1, -0.05) is 0 Å². The van der Waals surface area contributed by atoms with Crippen LogP contribution in [0.5, 0.6) is 0 Å². The number of hydrogen-bond acceptors (Lipinski definition) is 4. The van der Waals surface area contributed by atoms with Crippen LogP contribution in [0.2, 0.25) is 0 Å². The third-order valence-electron chi connectivity index (χ3n) is 1.18. The van der Waals surface area contributed by atoms with Gasteiger partial charge < -0.3 is 14.6 Å². The Morgan fingerprint density at radius 3 is 2.75 bits per heavy atom. The topological polar surface area (TPSA) is 76.1 Å². The summed E-state index contributed by atoms with van der Waals surface area (Å²) in [5.74, 6) is -1.83. The van der Waals surface area contributed by atoms with Crippen molar-refractivity contribution in [2.75, 3.05) is 13.2 Å². The zero-order chi connectivity index (χ0) is 8.97. The fourth-order valence-corrected chi connectivity index (χ4v) is 0.527. The lowest BCUT2D eigenvalue weighted by Crippen LogP contribution is -2.07. The summed E-state index contributed by atoms with van der Waals surface area (Å²) in [4.78, 5) is 20.6. The number of carbonyl (C=O) groups is 2. The molecule has 0 amide bonds. The van der Waals surface area contributed by atoms with Crippen LogP contribution in [-0.2, 0) is 19.1 Å². The van der Waals surface area contributed by atoms with Gasteiger partial charge in [0, 0.05) is 12.2 Å². The maximum atomic E-state index is 10.7. The summed E-state index contributed by atoms with van der Waals surface area (Å²) in [7, 11) is 0. The van der Waals surface area contributed by atoms with Crippen LogP contribution >= 0.6 is 0 Å². The van der Waals surface area contributed by atoms with Crippen LogP contribution in [0.25, 0.3) is 0 Å². The highest BCUT2D eigenvalue weighted by Gasteiger charge is 2.23. The summed E-state index contributed by atoms with van der Waals surface area (Å²) < 4.78 is 9.37. The molecule has 66 valence electrons. The maximum absolute atomic E-state index is 10.7. The molecular formula is C7H8O5. The Balaban J connectivity index is 2.13. The first-order valence-corrected chi connectivity index (χ1v) is 3.38. The van der Waals surface area contributed by atoms with Crippen molar-refractivity contribution >= 4 is 11.9 Å². The van der Waals surface area contributed by atoms with Crippen LogP contribution in [0.4, 0.5) is 0 Å². The second-order valence-corrected chi connectivity index (χ2v) is 2.26. The zero-order valence-corrected chi connectivity index (χ0v) is 6.23. The van der Waals surface area contributed by atoms with Gasteiger partial charge in [0.2, 0.25) is 0 Å². The van der Waals surface area contributed by atoms with E-state index in [0.29, 0.717) is 6.61 Å². The molecule has 1 unspecified atom stereocenters. The van der Waals surface area contributed by atoms with Crippen molar-refractivity contribution in [3.05, 3.63) is 12.2 Å². The highest BCUT2D eigenvalue weighted by Crippen LogP contribution is 2.08. The van der Waals surface area contributed by atoms with E-state index in [4.69, 9.17) is 9.84 Å². The predicted octanol–water partition coefficient (Wildman–Crippen LogP) is -0.431. The van der Waals surface area contributed by atoms with Gasteiger partial charge in [0.25, 0.3) is 0 Å². The van der Waals surface area contributed by atoms with E-state index < -0.39 is 11.9 Å². The standard InChI is InChI=1S/C7H8O5/c8-6(9)1-2-7(10)12-4-5-3-11-5/h1-2,5H,3-4H2,(H,8,9)/b2-1+. The van der Waals surface area contributed by atoms with Crippen molar-refractivity contribution in [3.63, 3.8) is 0 Å². The Bertz CT molecular complexity index is 216. The number of ether oxygens (including phenoxy) is 2. The lowest BCUT2D eigenvalue weighted by molar-refractivity contribution is -0.139. The molecule has 1 aliphatic rings. The number of rotatable bonds is 4. The van der Waals surface area contributed by atoms with E-state index in [0.717, 1.165) is 12.2 Å². The van der Waals surface area contributed by atoms with Gasteiger partial charge in [-0.25, -0.2) is 9.59 Å². The zero-order valence-electron chi connectivity index (χ0n) is 6.23. The minimum atomic E-state index is -1.17. The third-order valence-corrected chi connectivity index (χ3v) is 1.18.